The largest absolute Gasteiger partial charge is 0.341 e. The average molecular weight is 411 g/mol. The first-order valence-electron chi connectivity index (χ1n) is 10.8. The molecule has 0 N–H and O–H groups in total. The summed E-state index contributed by atoms with van der Waals surface area (Å²) in [5, 5.41) is 5.61. The fourth-order valence-electron chi connectivity index (χ4n) is 6.15. The molecule has 0 amide bonds. The molecule has 8 rings (SSSR count). The van der Waals surface area contributed by atoms with E-state index in [0.717, 1.165) is 0 Å². The Bertz CT molecular complexity index is 1570. The third kappa shape index (κ3) is 1.65. The van der Waals surface area contributed by atoms with Gasteiger partial charge in [-0.2, -0.15) is 0 Å². The van der Waals surface area contributed by atoms with Crippen molar-refractivity contribution in [2.45, 2.75) is 0 Å². The molecule has 6 aromatic rings. The zero-order valence-corrected chi connectivity index (χ0v) is 17.8. The topological polar surface area (TPSA) is 9.86 Å². The van der Waals surface area contributed by atoms with Gasteiger partial charge in [-0.1, -0.05) is 84.9 Å². The van der Waals surface area contributed by atoms with Crippen LogP contribution in [0.1, 0.15) is 0 Å². The summed E-state index contributed by atoms with van der Waals surface area (Å²) in [6.07, 6.45) is 0. The first kappa shape index (κ1) is 15.9. The van der Waals surface area contributed by atoms with Gasteiger partial charge in [0.25, 0.3) is 0 Å². The Morgan fingerprint density at radius 3 is 1.39 bits per heavy atom. The highest BCUT2D eigenvalue weighted by molar-refractivity contribution is 7.05. The lowest BCUT2D eigenvalue weighted by Crippen LogP contribution is -2.65. The van der Waals surface area contributed by atoms with E-state index in [1.54, 1.807) is 0 Å². The van der Waals surface area contributed by atoms with Gasteiger partial charge in [-0.15, -0.1) is 0 Å². The Morgan fingerprint density at radius 1 is 0.452 bits per heavy atom. The molecule has 0 fully saturated rings. The van der Waals surface area contributed by atoms with Gasteiger partial charge >= 0.3 is 8.40 Å². The van der Waals surface area contributed by atoms with Crippen LogP contribution in [0.2, 0.25) is 0 Å². The molecule has 3 heteroatoms. The van der Waals surface area contributed by atoms with Gasteiger partial charge in [-0.05, 0) is 56.5 Å². The molecule has 0 bridgehead atoms. The number of hydrogen-bond acceptors (Lipinski definition) is 0. The van der Waals surface area contributed by atoms with E-state index in [4.69, 9.17) is 0 Å². The van der Waals surface area contributed by atoms with Crippen LogP contribution in [-0.2, 0) is 0 Å². The molecule has 4 heterocycles. The minimum absolute atomic E-state index is 1.32. The van der Waals surface area contributed by atoms with Crippen LogP contribution in [0.3, 0.4) is 0 Å². The predicted octanol–water partition coefficient (Wildman–Crippen LogP) is 5.21. The monoisotopic (exact) mass is 410 g/mol. The van der Waals surface area contributed by atoms with Gasteiger partial charge in [-0.3, -0.25) is 0 Å². The molecule has 31 heavy (non-hydrogen) atoms. The lowest BCUT2D eigenvalue weighted by atomic mass is 10.1. The minimum Gasteiger partial charge on any atom is -0.341 e. The molecule has 1 spiro atoms. The standard InChI is InChI=1S/C28H18N2Si/c1-5-13-23-19(9-1)17-25-26-18-20-10-2-6-14-24(20)30(26)31(29(23)25)27-15-7-3-11-21(27)22-12-4-8-16-28(22)31/h1-18H. The summed E-state index contributed by atoms with van der Waals surface area (Å²) >= 11 is 0. The van der Waals surface area contributed by atoms with Crippen molar-refractivity contribution >= 4 is 40.6 Å². The van der Waals surface area contributed by atoms with Gasteiger partial charge in [0.15, 0.2) is 0 Å². The Labute approximate surface area is 180 Å². The number of rotatable bonds is 0. The molecule has 2 aliphatic heterocycles. The maximum absolute atomic E-state index is 2.72. The van der Waals surface area contributed by atoms with Crippen LogP contribution in [0.25, 0.3) is 44.3 Å². The van der Waals surface area contributed by atoms with E-state index in [9.17, 15) is 0 Å². The van der Waals surface area contributed by atoms with E-state index in [1.165, 1.54) is 54.7 Å². The summed E-state index contributed by atoms with van der Waals surface area (Å²) in [5.74, 6) is 0. The molecule has 2 nitrogen and oxygen atoms in total. The van der Waals surface area contributed by atoms with Crippen molar-refractivity contribution < 1.29 is 0 Å². The second-order valence-electron chi connectivity index (χ2n) is 8.61. The lowest BCUT2D eigenvalue weighted by Gasteiger charge is -2.30. The Hall–Kier alpha value is -3.82. The molecule has 2 aromatic heterocycles. The van der Waals surface area contributed by atoms with Gasteiger partial charge in [0, 0.05) is 11.0 Å². The Kier molecular flexibility index (Phi) is 2.70. The van der Waals surface area contributed by atoms with Crippen LogP contribution >= 0.6 is 0 Å². The molecule has 0 atom stereocenters. The molecular weight excluding hydrogens is 392 g/mol. The summed E-state index contributed by atoms with van der Waals surface area (Å²) in [5.41, 5.74) is 8.14. The predicted molar refractivity (Wildman–Crippen MR) is 131 cm³/mol. The number of hydrogen-bond donors (Lipinski definition) is 0. The molecule has 0 aliphatic carbocycles. The first-order chi connectivity index (χ1) is 15.4. The molecule has 0 saturated heterocycles. The fourth-order valence-corrected chi connectivity index (χ4v) is 11.6. The summed E-state index contributed by atoms with van der Waals surface area (Å²) in [4.78, 5) is 0. The third-order valence-electron chi connectivity index (χ3n) is 7.23. The SMILES string of the molecule is c1ccc2c(c1)-c1ccccc1[Si]21n2c(cc3ccccc32)-c2cc3ccccc3n21. The van der Waals surface area contributed by atoms with Crippen molar-refractivity contribution in [1.29, 1.82) is 0 Å². The van der Waals surface area contributed by atoms with Crippen molar-refractivity contribution in [3.8, 4) is 22.5 Å². The van der Waals surface area contributed by atoms with Crippen LogP contribution in [0.4, 0.5) is 0 Å². The number of aromatic nitrogens is 2. The van der Waals surface area contributed by atoms with Gasteiger partial charge in [0.1, 0.15) is 0 Å². The summed E-state index contributed by atoms with van der Waals surface area (Å²) in [7, 11) is -2.54. The highest BCUT2D eigenvalue weighted by Gasteiger charge is 2.56. The molecular formula is C28H18N2Si. The normalized spacial score (nSPS) is 14.7. The van der Waals surface area contributed by atoms with Crippen LogP contribution in [-0.4, -0.2) is 16.9 Å². The van der Waals surface area contributed by atoms with Crippen molar-refractivity contribution in [2.24, 2.45) is 0 Å². The average Bonchev–Trinajstić information content (AvgIpc) is 3.53. The highest BCUT2D eigenvalue weighted by atomic mass is 28.3. The van der Waals surface area contributed by atoms with Gasteiger partial charge in [-0.25, -0.2) is 0 Å². The molecule has 0 radical (unpaired) electrons. The van der Waals surface area contributed by atoms with Crippen molar-refractivity contribution in [3.05, 3.63) is 109 Å². The molecule has 0 saturated carbocycles. The second kappa shape index (κ2) is 5.26. The summed E-state index contributed by atoms with van der Waals surface area (Å²) in [6.45, 7) is 0. The molecule has 2 aliphatic rings. The minimum atomic E-state index is -2.54. The molecule has 0 unspecified atom stereocenters. The van der Waals surface area contributed by atoms with E-state index in [0.29, 0.717) is 0 Å². The van der Waals surface area contributed by atoms with Crippen molar-refractivity contribution in [2.75, 3.05) is 0 Å². The number of para-hydroxylation sites is 2. The Balaban J connectivity index is 1.69. The van der Waals surface area contributed by atoms with E-state index in [2.05, 4.69) is 118 Å². The van der Waals surface area contributed by atoms with Crippen LogP contribution in [0.15, 0.2) is 109 Å². The Morgan fingerprint density at radius 2 is 0.871 bits per heavy atom. The van der Waals surface area contributed by atoms with Crippen molar-refractivity contribution in [3.63, 3.8) is 0 Å². The van der Waals surface area contributed by atoms with E-state index < -0.39 is 8.40 Å². The van der Waals surface area contributed by atoms with Crippen LogP contribution in [0, 0.1) is 0 Å². The van der Waals surface area contributed by atoms with Gasteiger partial charge < -0.3 is 8.47 Å². The molecule has 144 valence electrons. The number of fused-ring (bicyclic) bond motifs is 14. The highest BCUT2D eigenvalue weighted by Crippen LogP contribution is 2.45. The summed E-state index contributed by atoms with van der Waals surface area (Å²) in [6, 6.07) is 40.7. The number of nitrogens with zero attached hydrogens (tertiary/aromatic N) is 2. The first-order valence-corrected chi connectivity index (χ1v) is 12.7. The maximum Gasteiger partial charge on any atom is 0.341 e. The second-order valence-corrected chi connectivity index (χ2v) is 11.9. The van der Waals surface area contributed by atoms with E-state index in [1.807, 2.05) is 0 Å². The zero-order chi connectivity index (χ0) is 20.2. The van der Waals surface area contributed by atoms with E-state index in [-0.39, 0.29) is 0 Å². The van der Waals surface area contributed by atoms with Crippen molar-refractivity contribution in [1.82, 2.24) is 8.47 Å². The summed E-state index contributed by atoms with van der Waals surface area (Å²) < 4.78 is 5.43. The molecule has 4 aromatic carbocycles. The zero-order valence-electron chi connectivity index (χ0n) is 16.8. The lowest BCUT2D eigenvalue weighted by molar-refractivity contribution is 1.21. The van der Waals surface area contributed by atoms with E-state index >= 15 is 0 Å². The van der Waals surface area contributed by atoms with Gasteiger partial charge in [0.2, 0.25) is 0 Å². The third-order valence-corrected chi connectivity index (χ3v) is 11.9. The fraction of sp³-hybridized carbons (Fsp3) is 0. The quantitative estimate of drug-likeness (QED) is 0.304. The number of benzene rings is 4. The van der Waals surface area contributed by atoms with Crippen LogP contribution in [0.5, 0.6) is 0 Å². The smallest absolute Gasteiger partial charge is 0.341 e. The van der Waals surface area contributed by atoms with Crippen LogP contribution < -0.4 is 10.4 Å². The van der Waals surface area contributed by atoms with Gasteiger partial charge in [0.05, 0.1) is 11.4 Å². The maximum atomic E-state index is 2.72.